The van der Waals surface area contributed by atoms with Crippen LogP contribution in [0.25, 0.3) is 11.4 Å². The van der Waals surface area contributed by atoms with Crippen LogP contribution in [-0.2, 0) is 11.2 Å². The van der Waals surface area contributed by atoms with Gasteiger partial charge in [-0.25, -0.2) is 9.37 Å². The van der Waals surface area contributed by atoms with E-state index in [9.17, 15) is 9.18 Å². The normalized spacial score (nSPS) is 10.6. The number of halogens is 2. The average molecular weight is 270 g/mol. The molecule has 0 aliphatic heterocycles. The number of benzene rings is 1. The zero-order valence-electron chi connectivity index (χ0n) is 9.15. The number of H-pyrrole nitrogens is 1. The van der Waals surface area contributed by atoms with Crippen molar-refractivity contribution in [2.45, 2.75) is 12.8 Å². The molecule has 0 spiro atoms. The number of aliphatic carboxylic acids is 1. The van der Waals surface area contributed by atoms with Crippen LogP contribution in [-0.4, -0.2) is 26.3 Å². The Balaban J connectivity index is 2.18. The van der Waals surface area contributed by atoms with E-state index in [1.165, 1.54) is 18.2 Å². The fourth-order valence-corrected chi connectivity index (χ4v) is 1.58. The Kier molecular flexibility index (Phi) is 3.57. The number of nitrogens with one attached hydrogen (secondary N) is 1. The van der Waals surface area contributed by atoms with E-state index in [0.29, 0.717) is 17.2 Å². The van der Waals surface area contributed by atoms with E-state index in [-0.39, 0.29) is 17.9 Å². The lowest BCUT2D eigenvalue weighted by Gasteiger charge is -1.97. The van der Waals surface area contributed by atoms with Gasteiger partial charge in [-0.15, -0.1) is 0 Å². The highest BCUT2D eigenvalue weighted by Gasteiger charge is 2.09. The Morgan fingerprint density at radius 1 is 1.50 bits per heavy atom. The number of carbonyl (C=O) groups is 1. The molecule has 1 aromatic carbocycles. The maximum absolute atomic E-state index is 13.0. The average Bonchev–Trinajstić information content (AvgIpc) is 2.79. The standard InChI is InChI=1S/C11H9ClFN3O2/c12-7-5-6(1-2-8(7)13)11-14-9(15-16-11)3-4-10(17)18/h1-2,5H,3-4H2,(H,17,18)(H,14,15,16). The molecule has 5 nitrogen and oxygen atoms in total. The summed E-state index contributed by atoms with van der Waals surface area (Å²) in [6, 6.07) is 4.15. The maximum atomic E-state index is 13.0. The van der Waals surface area contributed by atoms with E-state index in [2.05, 4.69) is 15.2 Å². The highest BCUT2D eigenvalue weighted by Crippen LogP contribution is 2.22. The highest BCUT2D eigenvalue weighted by atomic mass is 35.5. The van der Waals surface area contributed by atoms with E-state index < -0.39 is 11.8 Å². The minimum atomic E-state index is -0.905. The largest absolute Gasteiger partial charge is 0.481 e. The van der Waals surface area contributed by atoms with Crippen molar-refractivity contribution in [3.63, 3.8) is 0 Å². The van der Waals surface area contributed by atoms with Crippen LogP contribution in [0.1, 0.15) is 12.2 Å². The molecule has 1 aromatic heterocycles. The van der Waals surface area contributed by atoms with Gasteiger partial charge >= 0.3 is 5.97 Å². The van der Waals surface area contributed by atoms with Crippen LogP contribution in [0.4, 0.5) is 4.39 Å². The van der Waals surface area contributed by atoms with Crippen molar-refractivity contribution in [2.75, 3.05) is 0 Å². The minimum Gasteiger partial charge on any atom is -0.481 e. The summed E-state index contributed by atoms with van der Waals surface area (Å²) in [6.07, 6.45) is 0.232. The van der Waals surface area contributed by atoms with E-state index in [4.69, 9.17) is 16.7 Å². The van der Waals surface area contributed by atoms with Crippen LogP contribution in [0.3, 0.4) is 0 Å². The molecule has 2 N–H and O–H groups in total. The number of carboxylic acids is 1. The van der Waals surface area contributed by atoms with Crippen molar-refractivity contribution in [3.8, 4) is 11.4 Å². The quantitative estimate of drug-likeness (QED) is 0.892. The summed E-state index contributed by atoms with van der Waals surface area (Å²) in [5.41, 5.74) is 0.569. The molecule has 0 radical (unpaired) electrons. The van der Waals surface area contributed by atoms with Crippen LogP contribution in [0.5, 0.6) is 0 Å². The lowest BCUT2D eigenvalue weighted by atomic mass is 10.2. The lowest BCUT2D eigenvalue weighted by Crippen LogP contribution is -1.98. The van der Waals surface area contributed by atoms with Gasteiger partial charge in [0.2, 0.25) is 0 Å². The first-order valence-electron chi connectivity index (χ1n) is 5.15. The van der Waals surface area contributed by atoms with Crippen LogP contribution in [0.2, 0.25) is 5.02 Å². The summed E-state index contributed by atoms with van der Waals surface area (Å²) in [5, 5.41) is 15.1. The molecule has 0 fully saturated rings. The predicted molar refractivity (Wildman–Crippen MR) is 62.7 cm³/mol. The third-order valence-corrected chi connectivity index (χ3v) is 2.57. The first-order valence-corrected chi connectivity index (χ1v) is 5.52. The van der Waals surface area contributed by atoms with Crippen molar-refractivity contribution < 1.29 is 14.3 Å². The summed E-state index contributed by atoms with van der Waals surface area (Å²) >= 11 is 5.65. The summed E-state index contributed by atoms with van der Waals surface area (Å²) < 4.78 is 13.0. The van der Waals surface area contributed by atoms with Crippen molar-refractivity contribution in [2.24, 2.45) is 0 Å². The Hall–Kier alpha value is -1.95. The number of rotatable bonds is 4. The van der Waals surface area contributed by atoms with Gasteiger partial charge in [-0.2, -0.15) is 5.10 Å². The number of carboxylic acid groups (broad SMARTS) is 1. The molecule has 7 heteroatoms. The van der Waals surface area contributed by atoms with E-state index in [1.807, 2.05) is 0 Å². The number of aromatic amines is 1. The molecule has 0 amide bonds. The van der Waals surface area contributed by atoms with E-state index >= 15 is 0 Å². The molecule has 2 rings (SSSR count). The van der Waals surface area contributed by atoms with Gasteiger partial charge in [0.05, 0.1) is 11.4 Å². The molecule has 2 aromatic rings. The fourth-order valence-electron chi connectivity index (χ4n) is 1.40. The van der Waals surface area contributed by atoms with Crippen LogP contribution >= 0.6 is 11.6 Å². The second kappa shape index (κ2) is 5.14. The molecular weight excluding hydrogens is 261 g/mol. The molecule has 0 aliphatic carbocycles. The van der Waals surface area contributed by atoms with Crippen LogP contribution < -0.4 is 0 Å². The number of nitrogens with zero attached hydrogens (tertiary/aromatic N) is 2. The molecule has 0 aliphatic rings. The van der Waals surface area contributed by atoms with Gasteiger partial charge in [0.15, 0.2) is 5.82 Å². The molecule has 0 saturated heterocycles. The third-order valence-electron chi connectivity index (χ3n) is 2.29. The highest BCUT2D eigenvalue weighted by molar-refractivity contribution is 6.31. The molecule has 1 heterocycles. The van der Waals surface area contributed by atoms with Gasteiger partial charge in [-0.3, -0.25) is 9.89 Å². The van der Waals surface area contributed by atoms with Gasteiger partial charge in [0.25, 0.3) is 0 Å². The summed E-state index contributed by atoms with van der Waals surface area (Å²) in [6.45, 7) is 0. The molecule has 0 saturated carbocycles. The van der Waals surface area contributed by atoms with Gasteiger partial charge in [-0.1, -0.05) is 11.6 Å². The van der Waals surface area contributed by atoms with Crippen LogP contribution in [0.15, 0.2) is 18.2 Å². The van der Waals surface area contributed by atoms with Gasteiger partial charge in [0, 0.05) is 12.0 Å². The summed E-state index contributed by atoms with van der Waals surface area (Å²) in [4.78, 5) is 14.5. The van der Waals surface area contributed by atoms with E-state index in [1.54, 1.807) is 0 Å². The monoisotopic (exact) mass is 269 g/mol. The Morgan fingerprint density at radius 2 is 2.28 bits per heavy atom. The Morgan fingerprint density at radius 3 is 2.94 bits per heavy atom. The van der Waals surface area contributed by atoms with Crippen LogP contribution in [0, 0.1) is 5.82 Å². The topological polar surface area (TPSA) is 78.9 Å². The molecule has 0 atom stereocenters. The van der Waals surface area contributed by atoms with Gasteiger partial charge < -0.3 is 5.11 Å². The van der Waals surface area contributed by atoms with Gasteiger partial charge in [0.1, 0.15) is 11.6 Å². The number of hydrogen-bond acceptors (Lipinski definition) is 3. The molecule has 0 unspecified atom stereocenters. The molecule has 0 bridgehead atoms. The maximum Gasteiger partial charge on any atom is 0.303 e. The molecule has 94 valence electrons. The van der Waals surface area contributed by atoms with Gasteiger partial charge in [-0.05, 0) is 18.2 Å². The Labute approximate surface area is 107 Å². The lowest BCUT2D eigenvalue weighted by molar-refractivity contribution is -0.137. The molecular formula is C11H9ClFN3O2. The van der Waals surface area contributed by atoms with E-state index in [0.717, 1.165) is 0 Å². The van der Waals surface area contributed by atoms with Crippen molar-refractivity contribution in [3.05, 3.63) is 34.9 Å². The minimum absolute atomic E-state index is 0.00983. The predicted octanol–water partition coefficient (Wildman–Crippen LogP) is 2.28. The Bertz CT molecular complexity index is 585. The zero-order chi connectivity index (χ0) is 13.1. The second-order valence-corrected chi connectivity index (χ2v) is 4.04. The zero-order valence-corrected chi connectivity index (χ0v) is 9.91. The SMILES string of the molecule is O=C(O)CCc1nc(-c2ccc(F)c(Cl)c2)n[nH]1. The number of hydrogen-bond donors (Lipinski definition) is 2. The first-order chi connectivity index (χ1) is 8.56. The third kappa shape index (κ3) is 2.84. The second-order valence-electron chi connectivity index (χ2n) is 3.63. The summed E-state index contributed by atoms with van der Waals surface area (Å²) in [5.74, 6) is -0.593. The van der Waals surface area contributed by atoms with Crippen molar-refractivity contribution in [1.82, 2.24) is 15.2 Å². The first kappa shape index (κ1) is 12.5. The number of aromatic nitrogens is 3. The molecule has 18 heavy (non-hydrogen) atoms. The smallest absolute Gasteiger partial charge is 0.303 e. The van der Waals surface area contributed by atoms with Crippen molar-refractivity contribution >= 4 is 17.6 Å². The number of aryl methyl sites for hydroxylation is 1. The van der Waals surface area contributed by atoms with Crippen molar-refractivity contribution in [1.29, 1.82) is 0 Å². The fraction of sp³-hybridized carbons (Fsp3) is 0.182. The summed E-state index contributed by atoms with van der Waals surface area (Å²) in [7, 11) is 0.